The van der Waals surface area contributed by atoms with Crippen molar-refractivity contribution in [3.05, 3.63) is 112 Å². The second kappa shape index (κ2) is 11.5. The maximum absolute atomic E-state index is 14.9. The minimum absolute atomic E-state index is 0.0876. The van der Waals surface area contributed by atoms with Crippen LogP contribution in [0.2, 0.25) is 0 Å². The second-order valence-electron chi connectivity index (χ2n) is 10.3. The lowest BCUT2D eigenvalue weighted by Crippen LogP contribution is -2.45. The lowest BCUT2D eigenvalue weighted by molar-refractivity contribution is 0.0781. The second-order valence-corrected chi connectivity index (χ2v) is 10.3. The molecule has 0 saturated heterocycles. The number of para-hydroxylation sites is 1. The summed E-state index contributed by atoms with van der Waals surface area (Å²) in [5.41, 5.74) is 1.62. The molecule has 1 atom stereocenters. The van der Waals surface area contributed by atoms with Gasteiger partial charge in [0.25, 0.3) is 11.5 Å². The maximum Gasteiger partial charge on any atom is 0.269 e. The molecule has 0 bridgehead atoms. The molecule has 10 nitrogen and oxygen atoms in total. The highest BCUT2D eigenvalue weighted by Gasteiger charge is 2.33. The van der Waals surface area contributed by atoms with Gasteiger partial charge in [0.15, 0.2) is 0 Å². The number of nitrogens with zero attached hydrogens (tertiary/aromatic N) is 6. The van der Waals surface area contributed by atoms with E-state index in [0.29, 0.717) is 48.3 Å². The first-order chi connectivity index (χ1) is 20.9. The summed E-state index contributed by atoms with van der Waals surface area (Å²) in [5.74, 6) is 1.08. The molecule has 0 radical (unpaired) electrons. The normalized spacial score (nSPS) is 13.6. The van der Waals surface area contributed by atoms with E-state index in [2.05, 4.69) is 15.3 Å². The van der Waals surface area contributed by atoms with Crippen molar-refractivity contribution in [2.75, 3.05) is 31.0 Å². The summed E-state index contributed by atoms with van der Waals surface area (Å²) >= 11 is 0. The zero-order valence-corrected chi connectivity index (χ0v) is 24.0. The number of rotatable bonds is 8. The van der Waals surface area contributed by atoms with Crippen molar-refractivity contribution >= 4 is 28.4 Å². The number of carbonyl (C=O) groups is 1. The van der Waals surface area contributed by atoms with Crippen LogP contribution in [0, 0.1) is 5.82 Å². The van der Waals surface area contributed by atoms with E-state index in [1.807, 2.05) is 42.2 Å². The summed E-state index contributed by atoms with van der Waals surface area (Å²) in [5, 5.41) is 3.29. The van der Waals surface area contributed by atoms with Gasteiger partial charge >= 0.3 is 0 Å². The zero-order chi connectivity index (χ0) is 30.1. The first-order valence-electron chi connectivity index (χ1n) is 13.9. The Kier molecular flexibility index (Phi) is 7.45. The first kappa shape index (κ1) is 27.8. The molecular weight excluding hydrogens is 549 g/mol. The molecule has 0 saturated carbocycles. The molecular formula is C32H30FN7O3. The van der Waals surface area contributed by atoms with E-state index in [9.17, 15) is 14.0 Å². The molecule has 6 rings (SSSR count). The number of amides is 1. The van der Waals surface area contributed by atoms with E-state index in [0.717, 1.165) is 11.3 Å². The summed E-state index contributed by atoms with van der Waals surface area (Å²) in [6, 6.07) is 20.6. The highest BCUT2D eigenvalue weighted by molar-refractivity contribution is 6.04. The van der Waals surface area contributed by atoms with Crippen molar-refractivity contribution in [3.63, 3.8) is 0 Å². The van der Waals surface area contributed by atoms with Gasteiger partial charge in [0.1, 0.15) is 46.3 Å². The van der Waals surface area contributed by atoms with E-state index in [1.54, 1.807) is 49.4 Å². The molecule has 3 heterocycles. The molecule has 1 aliphatic rings. The van der Waals surface area contributed by atoms with Gasteiger partial charge in [0.05, 0.1) is 31.0 Å². The van der Waals surface area contributed by atoms with Crippen LogP contribution in [-0.4, -0.2) is 51.2 Å². The fraction of sp³-hybridized carbons (Fsp3) is 0.219. The highest BCUT2D eigenvalue weighted by atomic mass is 19.1. The van der Waals surface area contributed by atoms with Crippen molar-refractivity contribution in [1.29, 1.82) is 0 Å². The van der Waals surface area contributed by atoms with Gasteiger partial charge in [-0.2, -0.15) is 0 Å². The SMILES string of the molecule is CCC(Nc1ncnc2c1C(=O)N(C)CN2Cc1ccc(OC)cc1)c1nc2cccc(F)c2c(=O)n1-c1ccccc1. The Morgan fingerprint density at radius 3 is 2.49 bits per heavy atom. The standard InChI is InChI=1S/C32H30FN7O3/c1-4-24(29-37-25-12-8-11-23(33)26(25)32(42)40(29)21-9-6-5-7-10-21)36-28-27-30(35-18-34-28)39(19-38(2)31(27)41)17-20-13-15-22(43-3)16-14-20/h5-16,18,24H,4,17,19H2,1-3H3,(H,34,35,36). The van der Waals surface area contributed by atoms with Crippen molar-refractivity contribution in [2.45, 2.75) is 25.9 Å². The lowest BCUT2D eigenvalue weighted by atomic mass is 10.1. The van der Waals surface area contributed by atoms with Crippen LogP contribution in [-0.2, 0) is 6.54 Å². The summed E-state index contributed by atoms with van der Waals surface area (Å²) in [6.07, 6.45) is 1.90. The van der Waals surface area contributed by atoms with Crippen molar-refractivity contribution < 1.29 is 13.9 Å². The van der Waals surface area contributed by atoms with Crippen LogP contribution in [0.1, 0.15) is 41.1 Å². The molecule has 5 aromatic rings. The van der Waals surface area contributed by atoms with Crippen molar-refractivity contribution in [2.24, 2.45) is 0 Å². The number of methoxy groups -OCH3 is 1. The zero-order valence-electron chi connectivity index (χ0n) is 24.0. The third kappa shape index (κ3) is 5.14. The van der Waals surface area contributed by atoms with Crippen LogP contribution in [0.3, 0.4) is 0 Å². The number of hydrogen-bond acceptors (Lipinski definition) is 8. The highest BCUT2D eigenvalue weighted by Crippen LogP contribution is 2.33. The van der Waals surface area contributed by atoms with Crippen LogP contribution in [0.4, 0.5) is 16.0 Å². The predicted octanol–water partition coefficient (Wildman–Crippen LogP) is 4.94. The van der Waals surface area contributed by atoms with E-state index in [-0.39, 0.29) is 16.8 Å². The van der Waals surface area contributed by atoms with E-state index >= 15 is 0 Å². The van der Waals surface area contributed by atoms with Crippen LogP contribution in [0.25, 0.3) is 16.6 Å². The smallest absolute Gasteiger partial charge is 0.269 e. The molecule has 3 aromatic carbocycles. The van der Waals surface area contributed by atoms with E-state index in [4.69, 9.17) is 9.72 Å². The number of halogens is 1. The largest absolute Gasteiger partial charge is 0.497 e. The number of anilines is 2. The van der Waals surface area contributed by atoms with Gasteiger partial charge in [0.2, 0.25) is 0 Å². The van der Waals surface area contributed by atoms with E-state index in [1.165, 1.54) is 23.0 Å². The van der Waals surface area contributed by atoms with Crippen molar-refractivity contribution in [3.8, 4) is 11.4 Å². The molecule has 11 heteroatoms. The Balaban J connectivity index is 1.44. The molecule has 0 aliphatic carbocycles. The van der Waals surface area contributed by atoms with Gasteiger partial charge in [-0.3, -0.25) is 14.2 Å². The number of fused-ring (bicyclic) bond motifs is 2. The third-order valence-corrected chi connectivity index (χ3v) is 7.52. The fourth-order valence-electron chi connectivity index (χ4n) is 5.36. The van der Waals surface area contributed by atoms with Gasteiger partial charge in [-0.15, -0.1) is 0 Å². The van der Waals surface area contributed by atoms with Gasteiger partial charge in [0, 0.05) is 13.6 Å². The molecule has 1 N–H and O–H groups in total. The fourth-order valence-corrected chi connectivity index (χ4v) is 5.36. The summed E-state index contributed by atoms with van der Waals surface area (Å²) in [4.78, 5) is 44.7. The van der Waals surface area contributed by atoms with Gasteiger partial charge in [-0.1, -0.05) is 43.3 Å². The minimum atomic E-state index is -0.636. The number of aromatic nitrogens is 4. The molecule has 1 aliphatic heterocycles. The molecule has 1 unspecified atom stereocenters. The van der Waals surface area contributed by atoms with Crippen LogP contribution < -0.4 is 20.5 Å². The number of carbonyl (C=O) groups excluding carboxylic acids is 1. The maximum atomic E-state index is 14.9. The minimum Gasteiger partial charge on any atom is -0.497 e. The Morgan fingerprint density at radius 1 is 1.00 bits per heavy atom. The van der Waals surface area contributed by atoms with Crippen LogP contribution in [0.15, 0.2) is 83.9 Å². The predicted molar refractivity (Wildman–Crippen MR) is 162 cm³/mol. The van der Waals surface area contributed by atoms with Gasteiger partial charge < -0.3 is 19.9 Å². The number of hydrogen-bond donors (Lipinski definition) is 1. The topological polar surface area (TPSA) is 105 Å². The van der Waals surface area contributed by atoms with Crippen molar-refractivity contribution in [1.82, 2.24) is 24.4 Å². The van der Waals surface area contributed by atoms with Crippen LogP contribution >= 0.6 is 0 Å². The Bertz CT molecular complexity index is 1860. The third-order valence-electron chi connectivity index (χ3n) is 7.52. The van der Waals surface area contributed by atoms with Crippen LogP contribution in [0.5, 0.6) is 5.75 Å². The number of nitrogens with one attached hydrogen (secondary N) is 1. The van der Waals surface area contributed by atoms with Gasteiger partial charge in [-0.25, -0.2) is 19.3 Å². The average molecular weight is 580 g/mol. The lowest BCUT2D eigenvalue weighted by Gasteiger charge is -2.36. The molecule has 218 valence electrons. The summed E-state index contributed by atoms with van der Waals surface area (Å²) in [7, 11) is 3.35. The molecule has 1 amide bonds. The summed E-state index contributed by atoms with van der Waals surface area (Å²) < 4.78 is 21.6. The van der Waals surface area contributed by atoms with E-state index < -0.39 is 17.4 Å². The average Bonchev–Trinajstić information content (AvgIpc) is 3.03. The molecule has 0 fully saturated rings. The monoisotopic (exact) mass is 579 g/mol. The Labute approximate surface area is 247 Å². The first-order valence-corrected chi connectivity index (χ1v) is 13.9. The molecule has 2 aromatic heterocycles. The number of benzene rings is 3. The number of ether oxygens (including phenoxy) is 1. The Morgan fingerprint density at radius 2 is 1.77 bits per heavy atom. The quantitative estimate of drug-likeness (QED) is 0.276. The molecule has 0 spiro atoms. The van der Waals surface area contributed by atoms with Gasteiger partial charge in [-0.05, 0) is 48.4 Å². The molecule has 43 heavy (non-hydrogen) atoms. The summed E-state index contributed by atoms with van der Waals surface area (Å²) in [6.45, 7) is 2.79. The Hall–Kier alpha value is -5.32.